The highest BCUT2D eigenvalue weighted by Crippen LogP contribution is 2.16. The molecule has 118 valence electrons. The Balaban J connectivity index is 2.21. The zero-order chi connectivity index (χ0) is 15.5. The third kappa shape index (κ3) is 8.30. The number of ether oxygens (including phenoxy) is 2. The number of alkyl halides is 1. The molecule has 0 aliphatic carbocycles. The van der Waals surface area contributed by atoms with Crippen LogP contribution in [0, 0.1) is 5.92 Å². The number of anilines is 1. The quantitative estimate of drug-likeness (QED) is 0.673. The van der Waals surface area contributed by atoms with Gasteiger partial charge in [-0.1, -0.05) is 13.8 Å². The van der Waals surface area contributed by atoms with E-state index in [0.717, 1.165) is 6.61 Å². The maximum atomic E-state index is 12.0. The van der Waals surface area contributed by atoms with Crippen LogP contribution in [0.25, 0.3) is 0 Å². The third-order valence-corrected chi connectivity index (χ3v) is 2.63. The normalized spacial score (nSPS) is 10.7. The number of nitrogens with one attached hydrogen (secondary N) is 1. The highest BCUT2D eigenvalue weighted by Gasteiger charge is 2.03. The van der Waals surface area contributed by atoms with E-state index in [-0.39, 0.29) is 12.5 Å². The van der Waals surface area contributed by atoms with Gasteiger partial charge in [-0.15, -0.1) is 0 Å². The summed E-state index contributed by atoms with van der Waals surface area (Å²) in [5, 5.41) is 2.80. The minimum Gasteiger partial charge on any atom is -0.491 e. The summed E-state index contributed by atoms with van der Waals surface area (Å²) >= 11 is 0. The lowest BCUT2D eigenvalue weighted by Gasteiger charge is -2.08. The van der Waals surface area contributed by atoms with Crippen molar-refractivity contribution in [2.75, 3.05) is 31.8 Å². The summed E-state index contributed by atoms with van der Waals surface area (Å²) in [4.78, 5) is 11.7. The molecule has 1 N–H and O–H groups in total. The van der Waals surface area contributed by atoms with Crippen molar-refractivity contribution in [2.24, 2.45) is 5.92 Å². The highest BCUT2D eigenvalue weighted by molar-refractivity contribution is 5.90. The molecule has 0 fully saturated rings. The molecule has 4 nitrogen and oxygen atoms in total. The molecule has 21 heavy (non-hydrogen) atoms. The van der Waals surface area contributed by atoms with Crippen LogP contribution in [0.2, 0.25) is 0 Å². The smallest absolute Gasteiger partial charge is 0.224 e. The van der Waals surface area contributed by atoms with Crippen molar-refractivity contribution in [2.45, 2.75) is 26.7 Å². The molecule has 0 bridgehead atoms. The topological polar surface area (TPSA) is 47.6 Å². The average Bonchev–Trinajstić information content (AvgIpc) is 2.46. The monoisotopic (exact) mass is 297 g/mol. The summed E-state index contributed by atoms with van der Waals surface area (Å²) in [6, 6.07) is 6.88. The van der Waals surface area contributed by atoms with Gasteiger partial charge in [-0.05, 0) is 36.6 Å². The van der Waals surface area contributed by atoms with Crippen LogP contribution in [0.15, 0.2) is 24.3 Å². The third-order valence-electron chi connectivity index (χ3n) is 2.63. The van der Waals surface area contributed by atoms with Crippen molar-refractivity contribution >= 4 is 11.6 Å². The number of hydrogen-bond donors (Lipinski definition) is 1. The zero-order valence-corrected chi connectivity index (χ0v) is 12.7. The number of rotatable bonds is 10. The van der Waals surface area contributed by atoms with E-state index in [4.69, 9.17) is 9.47 Å². The molecule has 0 radical (unpaired) electrons. The first-order valence-corrected chi connectivity index (χ1v) is 7.28. The zero-order valence-electron chi connectivity index (χ0n) is 12.7. The highest BCUT2D eigenvalue weighted by atomic mass is 19.1. The number of amides is 1. The molecular weight excluding hydrogens is 273 g/mol. The molecular formula is C16H24FNO3. The molecule has 0 aromatic heterocycles. The van der Waals surface area contributed by atoms with Crippen LogP contribution in [-0.4, -0.2) is 32.4 Å². The van der Waals surface area contributed by atoms with Crippen LogP contribution >= 0.6 is 0 Å². The van der Waals surface area contributed by atoms with Crippen LogP contribution in [0.4, 0.5) is 10.1 Å². The first-order valence-electron chi connectivity index (χ1n) is 7.28. The van der Waals surface area contributed by atoms with Crippen molar-refractivity contribution < 1.29 is 18.7 Å². The average molecular weight is 297 g/mol. The minimum absolute atomic E-state index is 0.0411. The summed E-state index contributed by atoms with van der Waals surface area (Å²) in [7, 11) is 0. The Morgan fingerprint density at radius 1 is 1.24 bits per heavy atom. The maximum absolute atomic E-state index is 12.0. The number of halogens is 1. The van der Waals surface area contributed by atoms with Crippen LogP contribution < -0.4 is 10.1 Å². The van der Waals surface area contributed by atoms with Crippen LogP contribution in [-0.2, 0) is 9.53 Å². The van der Waals surface area contributed by atoms with E-state index in [9.17, 15) is 9.18 Å². The van der Waals surface area contributed by atoms with Gasteiger partial charge in [0.1, 0.15) is 19.0 Å². The Labute approximate surface area is 125 Å². The van der Waals surface area contributed by atoms with E-state index < -0.39 is 6.67 Å². The second kappa shape index (κ2) is 10.2. The van der Waals surface area contributed by atoms with E-state index in [1.807, 2.05) is 0 Å². The van der Waals surface area contributed by atoms with Crippen molar-refractivity contribution in [3.63, 3.8) is 0 Å². The van der Waals surface area contributed by atoms with Crippen LogP contribution in [0.5, 0.6) is 5.75 Å². The van der Waals surface area contributed by atoms with E-state index in [0.29, 0.717) is 36.8 Å². The lowest BCUT2D eigenvalue weighted by Crippen LogP contribution is -2.12. The van der Waals surface area contributed by atoms with E-state index in [1.165, 1.54) is 0 Å². The Bertz CT molecular complexity index is 406. The van der Waals surface area contributed by atoms with Gasteiger partial charge >= 0.3 is 0 Å². The molecule has 0 heterocycles. The van der Waals surface area contributed by atoms with Crippen LogP contribution in [0.3, 0.4) is 0 Å². The fraction of sp³-hybridized carbons (Fsp3) is 0.562. The van der Waals surface area contributed by atoms with Gasteiger partial charge in [-0.25, -0.2) is 4.39 Å². The molecule has 1 rings (SSSR count). The summed E-state index contributed by atoms with van der Waals surface area (Å²) in [5.41, 5.74) is 0.704. The van der Waals surface area contributed by atoms with Gasteiger partial charge in [-0.2, -0.15) is 0 Å². The molecule has 1 aromatic carbocycles. The minimum atomic E-state index is -0.517. The van der Waals surface area contributed by atoms with Gasteiger partial charge in [0.15, 0.2) is 0 Å². The second-order valence-electron chi connectivity index (χ2n) is 5.18. The van der Waals surface area contributed by atoms with Gasteiger partial charge in [0, 0.05) is 25.3 Å². The Kier molecular flexibility index (Phi) is 8.43. The SMILES string of the molecule is CC(C)COCCCC(=O)Nc1ccc(OCCF)cc1. The molecule has 0 spiro atoms. The molecule has 0 aliphatic heterocycles. The van der Waals surface area contributed by atoms with Crippen molar-refractivity contribution in [3.05, 3.63) is 24.3 Å². The molecule has 0 unspecified atom stereocenters. The summed E-state index contributed by atoms with van der Waals surface area (Å²) < 4.78 is 22.5. The standard InChI is InChI=1S/C16H24FNO3/c1-13(2)12-20-10-3-4-16(19)18-14-5-7-15(8-6-14)21-11-9-17/h5-8,13H,3-4,9-12H2,1-2H3,(H,18,19). The Morgan fingerprint density at radius 3 is 2.57 bits per heavy atom. The van der Waals surface area contributed by atoms with E-state index in [1.54, 1.807) is 24.3 Å². The molecule has 1 aromatic rings. The lowest BCUT2D eigenvalue weighted by atomic mass is 10.2. The first-order chi connectivity index (χ1) is 10.1. The fourth-order valence-corrected chi connectivity index (χ4v) is 1.67. The first kappa shape index (κ1) is 17.4. The summed E-state index contributed by atoms with van der Waals surface area (Å²) in [6.07, 6.45) is 1.13. The number of benzene rings is 1. The molecule has 5 heteroatoms. The van der Waals surface area contributed by atoms with Gasteiger partial charge in [0.25, 0.3) is 0 Å². The van der Waals surface area contributed by atoms with Crippen molar-refractivity contribution in [1.82, 2.24) is 0 Å². The number of carbonyl (C=O) groups is 1. The molecule has 0 saturated carbocycles. The molecule has 1 amide bonds. The van der Waals surface area contributed by atoms with E-state index in [2.05, 4.69) is 19.2 Å². The molecule has 0 saturated heterocycles. The van der Waals surface area contributed by atoms with Gasteiger partial charge < -0.3 is 14.8 Å². The maximum Gasteiger partial charge on any atom is 0.224 e. The largest absolute Gasteiger partial charge is 0.491 e. The number of carbonyl (C=O) groups excluding carboxylic acids is 1. The van der Waals surface area contributed by atoms with Crippen LogP contribution in [0.1, 0.15) is 26.7 Å². The fourth-order valence-electron chi connectivity index (χ4n) is 1.67. The number of hydrogen-bond acceptors (Lipinski definition) is 3. The Hall–Kier alpha value is -1.62. The summed E-state index contributed by atoms with van der Waals surface area (Å²) in [6.45, 7) is 5.03. The van der Waals surface area contributed by atoms with Crippen molar-refractivity contribution in [1.29, 1.82) is 0 Å². The predicted octanol–water partition coefficient (Wildman–Crippen LogP) is 3.43. The molecule has 0 aliphatic rings. The van der Waals surface area contributed by atoms with Gasteiger partial charge in [0.2, 0.25) is 5.91 Å². The molecule has 0 atom stereocenters. The summed E-state index contributed by atoms with van der Waals surface area (Å²) in [5.74, 6) is 1.06. The lowest BCUT2D eigenvalue weighted by molar-refractivity contribution is -0.116. The Morgan fingerprint density at radius 2 is 1.95 bits per heavy atom. The van der Waals surface area contributed by atoms with Gasteiger partial charge in [0.05, 0.1) is 0 Å². The predicted molar refractivity (Wildman–Crippen MR) is 81.4 cm³/mol. The van der Waals surface area contributed by atoms with E-state index >= 15 is 0 Å². The second-order valence-corrected chi connectivity index (χ2v) is 5.18. The van der Waals surface area contributed by atoms with Gasteiger partial charge in [-0.3, -0.25) is 4.79 Å². The van der Waals surface area contributed by atoms with Crippen molar-refractivity contribution in [3.8, 4) is 5.75 Å².